The molecule has 5 nitrogen and oxygen atoms in total. The number of thiazole rings is 1. The number of primary amides is 1. The molecule has 0 unspecified atom stereocenters. The van der Waals surface area contributed by atoms with Crippen molar-refractivity contribution in [1.82, 2.24) is 15.0 Å². The molecule has 0 aliphatic rings. The fraction of sp³-hybridized carbons (Fsp3) is 0.111. The zero-order valence-corrected chi connectivity index (χ0v) is 8.57. The third-order valence-corrected chi connectivity index (χ3v) is 2.55. The van der Waals surface area contributed by atoms with Crippen molar-refractivity contribution in [3.8, 4) is 10.8 Å². The van der Waals surface area contributed by atoms with Crippen LogP contribution in [0.3, 0.4) is 0 Å². The largest absolute Gasteiger partial charge is 0.369 e. The summed E-state index contributed by atoms with van der Waals surface area (Å²) in [6.07, 6.45) is 3.46. The van der Waals surface area contributed by atoms with Gasteiger partial charge in [0.1, 0.15) is 0 Å². The van der Waals surface area contributed by atoms with E-state index < -0.39 is 0 Å². The lowest BCUT2D eigenvalue weighted by molar-refractivity contribution is -0.117. The van der Waals surface area contributed by atoms with Gasteiger partial charge >= 0.3 is 0 Å². The van der Waals surface area contributed by atoms with Gasteiger partial charge in [-0.2, -0.15) is 0 Å². The lowest BCUT2D eigenvalue weighted by Crippen LogP contribution is -2.13. The third kappa shape index (κ3) is 2.35. The number of rotatable bonds is 3. The zero-order valence-electron chi connectivity index (χ0n) is 7.75. The molecule has 15 heavy (non-hydrogen) atoms. The van der Waals surface area contributed by atoms with Gasteiger partial charge in [-0.3, -0.25) is 4.79 Å². The average molecular weight is 220 g/mol. The van der Waals surface area contributed by atoms with Gasteiger partial charge in [0.2, 0.25) is 5.91 Å². The number of nitrogens with zero attached hydrogens (tertiary/aromatic N) is 3. The fourth-order valence-electron chi connectivity index (χ4n) is 1.08. The van der Waals surface area contributed by atoms with Crippen molar-refractivity contribution in [3.63, 3.8) is 0 Å². The predicted molar refractivity (Wildman–Crippen MR) is 56.0 cm³/mol. The van der Waals surface area contributed by atoms with Crippen molar-refractivity contribution >= 4 is 17.2 Å². The molecule has 2 N–H and O–H groups in total. The van der Waals surface area contributed by atoms with E-state index in [4.69, 9.17) is 5.73 Å². The Bertz CT molecular complexity index is 468. The Morgan fingerprint density at radius 2 is 2.13 bits per heavy atom. The minimum absolute atomic E-state index is 0.156. The first-order valence-corrected chi connectivity index (χ1v) is 5.14. The van der Waals surface area contributed by atoms with E-state index in [2.05, 4.69) is 15.0 Å². The SMILES string of the molecule is NC(=O)Cc1csc(-c2ncccn2)n1. The van der Waals surface area contributed by atoms with Gasteiger partial charge in [0, 0.05) is 17.8 Å². The maximum absolute atomic E-state index is 10.7. The quantitative estimate of drug-likeness (QED) is 0.822. The van der Waals surface area contributed by atoms with Gasteiger partial charge in [0.05, 0.1) is 12.1 Å². The first-order chi connectivity index (χ1) is 7.25. The molecule has 0 atom stereocenters. The lowest BCUT2D eigenvalue weighted by Gasteiger charge is -1.91. The average Bonchev–Trinajstić information content (AvgIpc) is 2.67. The molecule has 0 aliphatic carbocycles. The first kappa shape index (κ1) is 9.72. The van der Waals surface area contributed by atoms with Crippen LogP contribution in [0.25, 0.3) is 10.8 Å². The molecule has 0 saturated heterocycles. The second-order valence-electron chi connectivity index (χ2n) is 2.86. The molecule has 2 aromatic rings. The van der Waals surface area contributed by atoms with E-state index >= 15 is 0 Å². The summed E-state index contributed by atoms with van der Waals surface area (Å²) in [4.78, 5) is 23.0. The number of carbonyl (C=O) groups is 1. The standard InChI is InChI=1S/C9H8N4OS/c10-7(14)4-6-5-15-9(13-6)8-11-2-1-3-12-8/h1-3,5H,4H2,(H2,10,14). The van der Waals surface area contributed by atoms with Crippen LogP contribution >= 0.6 is 11.3 Å². The van der Waals surface area contributed by atoms with Gasteiger partial charge in [-0.25, -0.2) is 15.0 Å². The highest BCUT2D eigenvalue weighted by molar-refractivity contribution is 7.13. The summed E-state index contributed by atoms with van der Waals surface area (Å²) in [5.74, 6) is 0.180. The van der Waals surface area contributed by atoms with Crippen molar-refractivity contribution in [2.45, 2.75) is 6.42 Å². The second-order valence-corrected chi connectivity index (χ2v) is 3.72. The molecule has 0 saturated carbocycles. The molecule has 1 amide bonds. The van der Waals surface area contributed by atoms with Crippen molar-refractivity contribution in [2.24, 2.45) is 5.73 Å². The van der Waals surface area contributed by atoms with Crippen LogP contribution in [-0.2, 0) is 11.2 Å². The van der Waals surface area contributed by atoms with E-state index in [1.165, 1.54) is 11.3 Å². The number of carbonyl (C=O) groups excluding carboxylic acids is 1. The molecule has 2 heterocycles. The predicted octanol–water partition coefficient (Wildman–Crippen LogP) is 0.628. The minimum Gasteiger partial charge on any atom is -0.369 e. The van der Waals surface area contributed by atoms with Gasteiger partial charge in [-0.1, -0.05) is 0 Å². The van der Waals surface area contributed by atoms with Crippen molar-refractivity contribution in [2.75, 3.05) is 0 Å². The van der Waals surface area contributed by atoms with Gasteiger partial charge in [0.25, 0.3) is 0 Å². The highest BCUT2D eigenvalue weighted by Crippen LogP contribution is 2.19. The number of hydrogen-bond acceptors (Lipinski definition) is 5. The molecule has 0 spiro atoms. The van der Waals surface area contributed by atoms with E-state index in [0.717, 1.165) is 0 Å². The summed E-state index contributed by atoms with van der Waals surface area (Å²) < 4.78 is 0. The minimum atomic E-state index is -0.388. The Kier molecular flexibility index (Phi) is 2.68. The van der Waals surface area contributed by atoms with E-state index in [0.29, 0.717) is 16.5 Å². The summed E-state index contributed by atoms with van der Waals surface area (Å²) >= 11 is 1.40. The molecule has 76 valence electrons. The number of amides is 1. The number of hydrogen-bond donors (Lipinski definition) is 1. The maximum atomic E-state index is 10.7. The number of aromatic nitrogens is 3. The van der Waals surface area contributed by atoms with Crippen LogP contribution in [-0.4, -0.2) is 20.9 Å². The monoisotopic (exact) mass is 220 g/mol. The fourth-order valence-corrected chi connectivity index (χ4v) is 1.84. The third-order valence-electron chi connectivity index (χ3n) is 1.66. The highest BCUT2D eigenvalue weighted by Gasteiger charge is 2.07. The van der Waals surface area contributed by atoms with Crippen LogP contribution in [0, 0.1) is 0 Å². The zero-order chi connectivity index (χ0) is 10.7. The lowest BCUT2D eigenvalue weighted by atomic mass is 10.3. The molecule has 2 rings (SSSR count). The van der Waals surface area contributed by atoms with Gasteiger partial charge in [-0.15, -0.1) is 11.3 Å². The molecule has 0 radical (unpaired) electrons. The Morgan fingerprint density at radius 3 is 2.80 bits per heavy atom. The van der Waals surface area contributed by atoms with Crippen molar-refractivity contribution < 1.29 is 4.79 Å². The molecule has 6 heteroatoms. The number of nitrogens with two attached hydrogens (primary N) is 1. The maximum Gasteiger partial charge on any atom is 0.223 e. The Balaban J connectivity index is 2.24. The molecule has 0 fully saturated rings. The Morgan fingerprint density at radius 1 is 1.40 bits per heavy atom. The van der Waals surface area contributed by atoms with Gasteiger partial charge < -0.3 is 5.73 Å². The van der Waals surface area contributed by atoms with Crippen LogP contribution in [0.2, 0.25) is 0 Å². The molecule has 0 bridgehead atoms. The van der Waals surface area contributed by atoms with Crippen LogP contribution in [0.4, 0.5) is 0 Å². The first-order valence-electron chi connectivity index (χ1n) is 4.26. The van der Waals surface area contributed by atoms with Crippen molar-refractivity contribution in [1.29, 1.82) is 0 Å². The molecule has 0 aliphatic heterocycles. The molecule has 2 aromatic heterocycles. The normalized spacial score (nSPS) is 10.1. The van der Waals surface area contributed by atoms with Crippen LogP contribution in [0.5, 0.6) is 0 Å². The van der Waals surface area contributed by atoms with Gasteiger partial charge in [0.15, 0.2) is 10.8 Å². The topological polar surface area (TPSA) is 81.8 Å². The van der Waals surface area contributed by atoms with Crippen LogP contribution in [0.15, 0.2) is 23.8 Å². The summed E-state index contributed by atoms with van der Waals surface area (Å²) in [5.41, 5.74) is 5.73. The molecular formula is C9H8N4OS. The van der Waals surface area contributed by atoms with E-state index in [-0.39, 0.29) is 12.3 Å². The van der Waals surface area contributed by atoms with E-state index in [9.17, 15) is 4.79 Å². The summed E-state index contributed by atoms with van der Waals surface area (Å²) in [6.45, 7) is 0. The van der Waals surface area contributed by atoms with E-state index in [1.807, 2.05) is 0 Å². The van der Waals surface area contributed by atoms with Crippen molar-refractivity contribution in [3.05, 3.63) is 29.5 Å². The van der Waals surface area contributed by atoms with Crippen LogP contribution in [0.1, 0.15) is 5.69 Å². The summed E-state index contributed by atoms with van der Waals surface area (Å²) in [6, 6.07) is 1.74. The smallest absolute Gasteiger partial charge is 0.223 e. The Labute approximate surface area is 90.0 Å². The molecule has 0 aromatic carbocycles. The van der Waals surface area contributed by atoms with Crippen LogP contribution < -0.4 is 5.73 Å². The summed E-state index contributed by atoms with van der Waals surface area (Å²) in [7, 11) is 0. The summed E-state index contributed by atoms with van der Waals surface area (Å²) in [5, 5.41) is 2.49. The van der Waals surface area contributed by atoms with Gasteiger partial charge in [-0.05, 0) is 6.07 Å². The van der Waals surface area contributed by atoms with E-state index in [1.54, 1.807) is 23.8 Å². The Hall–Kier alpha value is -1.82. The molecular weight excluding hydrogens is 212 g/mol. The second kappa shape index (κ2) is 4.14. The highest BCUT2D eigenvalue weighted by atomic mass is 32.1.